The molecule has 3 nitrogen and oxygen atoms in total. The number of aromatic nitrogens is 2. The second-order valence-corrected chi connectivity index (χ2v) is 5.24. The van der Waals surface area contributed by atoms with E-state index in [1.165, 1.54) is 0 Å². The van der Waals surface area contributed by atoms with Gasteiger partial charge in [0.25, 0.3) is 0 Å². The van der Waals surface area contributed by atoms with E-state index in [-0.39, 0.29) is 0 Å². The summed E-state index contributed by atoms with van der Waals surface area (Å²) >= 11 is 12.3. The molecule has 0 aliphatic heterocycles. The molecule has 0 radical (unpaired) electrons. The average molecular weight is 292 g/mol. The lowest BCUT2D eigenvalue weighted by Crippen LogP contribution is -2.01. The normalized spacial score (nSPS) is 11.1. The summed E-state index contributed by atoms with van der Waals surface area (Å²) < 4.78 is 1.81. The van der Waals surface area contributed by atoms with Gasteiger partial charge in [0.15, 0.2) is 0 Å². The number of halogens is 2. The number of imidazole rings is 1. The Bertz CT molecular complexity index is 778. The molecular weight excluding hydrogens is 281 g/mol. The molecule has 0 saturated carbocycles. The van der Waals surface area contributed by atoms with Crippen LogP contribution in [0.3, 0.4) is 0 Å². The molecule has 1 aromatic heterocycles. The van der Waals surface area contributed by atoms with Crippen molar-refractivity contribution in [1.82, 2.24) is 9.55 Å². The molecule has 3 aromatic rings. The Morgan fingerprint density at radius 1 is 1.11 bits per heavy atom. The predicted molar refractivity (Wildman–Crippen MR) is 80.2 cm³/mol. The van der Waals surface area contributed by atoms with Gasteiger partial charge in [-0.15, -0.1) is 0 Å². The third kappa shape index (κ3) is 2.05. The standard InChI is InChI=1S/C14H11Cl2N3/c1-8-2-5-12-11(6-8)18-14(17)19(12)13-7-9(15)3-4-10(13)16/h2-7H,1H3,(H2,17,18). The predicted octanol–water partition coefficient (Wildman–Crippen LogP) is 4.22. The van der Waals surface area contributed by atoms with Gasteiger partial charge in [-0.3, -0.25) is 4.57 Å². The molecule has 0 saturated heterocycles. The van der Waals surface area contributed by atoms with Gasteiger partial charge in [0.2, 0.25) is 5.95 Å². The summed E-state index contributed by atoms with van der Waals surface area (Å²) in [6.07, 6.45) is 0. The maximum atomic E-state index is 6.23. The highest BCUT2D eigenvalue weighted by molar-refractivity contribution is 6.34. The first-order valence-electron chi connectivity index (χ1n) is 5.76. The fourth-order valence-corrected chi connectivity index (χ4v) is 2.49. The molecule has 0 aliphatic rings. The average Bonchev–Trinajstić information content (AvgIpc) is 2.67. The summed E-state index contributed by atoms with van der Waals surface area (Å²) in [6, 6.07) is 11.2. The Morgan fingerprint density at radius 2 is 1.89 bits per heavy atom. The Labute approximate surface area is 120 Å². The number of benzene rings is 2. The van der Waals surface area contributed by atoms with Crippen molar-refractivity contribution < 1.29 is 0 Å². The molecule has 0 fully saturated rings. The third-order valence-electron chi connectivity index (χ3n) is 2.99. The van der Waals surface area contributed by atoms with Gasteiger partial charge < -0.3 is 5.73 Å². The summed E-state index contributed by atoms with van der Waals surface area (Å²) in [5.41, 5.74) is 9.62. The van der Waals surface area contributed by atoms with Gasteiger partial charge >= 0.3 is 0 Å². The lowest BCUT2D eigenvalue weighted by atomic mass is 10.2. The molecule has 2 N–H and O–H groups in total. The van der Waals surface area contributed by atoms with Gasteiger partial charge in [-0.1, -0.05) is 29.3 Å². The van der Waals surface area contributed by atoms with Crippen LogP contribution in [0.25, 0.3) is 16.7 Å². The van der Waals surface area contributed by atoms with Crippen molar-refractivity contribution in [3.05, 3.63) is 52.0 Å². The minimum Gasteiger partial charge on any atom is -0.369 e. The minimum atomic E-state index is 0.393. The van der Waals surface area contributed by atoms with Crippen LogP contribution in [0.4, 0.5) is 5.95 Å². The van der Waals surface area contributed by atoms with Crippen LogP contribution in [0.5, 0.6) is 0 Å². The summed E-state index contributed by atoms with van der Waals surface area (Å²) in [5, 5.41) is 1.18. The highest BCUT2D eigenvalue weighted by Gasteiger charge is 2.13. The molecule has 0 atom stereocenters. The molecule has 0 bridgehead atoms. The van der Waals surface area contributed by atoms with Crippen LogP contribution < -0.4 is 5.73 Å². The summed E-state index contributed by atoms with van der Waals surface area (Å²) in [4.78, 5) is 4.36. The third-order valence-corrected chi connectivity index (χ3v) is 3.54. The second kappa shape index (κ2) is 4.44. The zero-order valence-electron chi connectivity index (χ0n) is 10.2. The van der Waals surface area contributed by atoms with E-state index in [2.05, 4.69) is 4.98 Å². The zero-order valence-corrected chi connectivity index (χ0v) is 11.7. The largest absolute Gasteiger partial charge is 0.369 e. The van der Waals surface area contributed by atoms with E-state index in [9.17, 15) is 0 Å². The molecule has 0 aliphatic carbocycles. The van der Waals surface area contributed by atoms with Crippen molar-refractivity contribution in [2.75, 3.05) is 5.73 Å². The summed E-state index contributed by atoms with van der Waals surface area (Å²) in [6.45, 7) is 2.01. The topological polar surface area (TPSA) is 43.8 Å². The van der Waals surface area contributed by atoms with Gasteiger partial charge in [-0.25, -0.2) is 4.98 Å². The number of anilines is 1. The van der Waals surface area contributed by atoms with Gasteiger partial charge in [-0.05, 0) is 42.8 Å². The molecule has 0 spiro atoms. The van der Waals surface area contributed by atoms with Crippen LogP contribution in [0.2, 0.25) is 10.0 Å². The van der Waals surface area contributed by atoms with E-state index in [1.807, 2.05) is 29.7 Å². The summed E-state index contributed by atoms with van der Waals surface area (Å²) in [5.74, 6) is 0.393. The molecule has 2 aromatic carbocycles. The molecule has 0 unspecified atom stereocenters. The maximum absolute atomic E-state index is 6.23. The van der Waals surface area contributed by atoms with Crippen LogP contribution in [-0.2, 0) is 0 Å². The SMILES string of the molecule is Cc1ccc2c(c1)nc(N)n2-c1cc(Cl)ccc1Cl. The second-order valence-electron chi connectivity index (χ2n) is 4.39. The molecule has 96 valence electrons. The van der Waals surface area contributed by atoms with Crippen LogP contribution in [0.15, 0.2) is 36.4 Å². The van der Waals surface area contributed by atoms with Crippen LogP contribution in [0, 0.1) is 6.92 Å². The first kappa shape index (κ1) is 12.3. The van der Waals surface area contributed by atoms with Crippen LogP contribution >= 0.6 is 23.2 Å². The maximum Gasteiger partial charge on any atom is 0.205 e. The highest BCUT2D eigenvalue weighted by Crippen LogP contribution is 2.30. The highest BCUT2D eigenvalue weighted by atomic mass is 35.5. The van der Waals surface area contributed by atoms with Crippen molar-refractivity contribution in [1.29, 1.82) is 0 Å². The Hall–Kier alpha value is -1.71. The lowest BCUT2D eigenvalue weighted by Gasteiger charge is -2.09. The van der Waals surface area contributed by atoms with Crippen molar-refractivity contribution in [2.45, 2.75) is 6.92 Å². The van der Waals surface area contributed by atoms with Crippen molar-refractivity contribution >= 4 is 40.2 Å². The van der Waals surface area contributed by atoms with Crippen molar-refractivity contribution in [3.8, 4) is 5.69 Å². The van der Waals surface area contributed by atoms with E-state index in [1.54, 1.807) is 18.2 Å². The number of nitrogens with zero attached hydrogens (tertiary/aromatic N) is 2. The molecule has 19 heavy (non-hydrogen) atoms. The van der Waals surface area contributed by atoms with Gasteiger partial charge in [0.05, 0.1) is 21.7 Å². The minimum absolute atomic E-state index is 0.393. The van der Waals surface area contributed by atoms with E-state index < -0.39 is 0 Å². The van der Waals surface area contributed by atoms with Crippen molar-refractivity contribution in [3.63, 3.8) is 0 Å². The Kier molecular flexibility index (Phi) is 2.88. The fraction of sp³-hybridized carbons (Fsp3) is 0.0714. The number of aryl methyl sites for hydroxylation is 1. The monoisotopic (exact) mass is 291 g/mol. The smallest absolute Gasteiger partial charge is 0.205 e. The fourth-order valence-electron chi connectivity index (χ4n) is 2.12. The first-order chi connectivity index (χ1) is 9.06. The number of nitrogen functional groups attached to an aromatic ring is 1. The summed E-state index contributed by atoms with van der Waals surface area (Å²) in [7, 11) is 0. The number of hydrogen-bond donors (Lipinski definition) is 1. The number of fused-ring (bicyclic) bond motifs is 1. The van der Waals surface area contributed by atoms with E-state index >= 15 is 0 Å². The van der Waals surface area contributed by atoms with Crippen LogP contribution in [0.1, 0.15) is 5.56 Å². The number of nitrogens with two attached hydrogens (primary N) is 1. The Morgan fingerprint density at radius 3 is 2.68 bits per heavy atom. The molecular formula is C14H11Cl2N3. The van der Waals surface area contributed by atoms with Gasteiger partial charge in [-0.2, -0.15) is 0 Å². The van der Waals surface area contributed by atoms with Crippen LogP contribution in [-0.4, -0.2) is 9.55 Å². The van der Waals surface area contributed by atoms with Gasteiger partial charge in [0, 0.05) is 5.02 Å². The zero-order chi connectivity index (χ0) is 13.6. The molecule has 1 heterocycles. The van der Waals surface area contributed by atoms with Crippen molar-refractivity contribution in [2.24, 2.45) is 0 Å². The van der Waals surface area contributed by atoms with E-state index in [0.717, 1.165) is 22.3 Å². The van der Waals surface area contributed by atoms with Gasteiger partial charge in [0.1, 0.15) is 0 Å². The van der Waals surface area contributed by atoms with E-state index in [4.69, 9.17) is 28.9 Å². The quantitative estimate of drug-likeness (QED) is 0.729. The lowest BCUT2D eigenvalue weighted by molar-refractivity contribution is 1.11. The Balaban J connectivity index is 2.36. The first-order valence-corrected chi connectivity index (χ1v) is 6.52. The molecule has 3 rings (SSSR count). The van der Waals surface area contributed by atoms with E-state index in [0.29, 0.717) is 16.0 Å². The number of hydrogen-bond acceptors (Lipinski definition) is 2. The molecule has 5 heteroatoms. The number of rotatable bonds is 1. The molecule has 0 amide bonds.